The average molecular weight is 253 g/mol. The van der Waals surface area contributed by atoms with Crippen LogP contribution in [0.15, 0.2) is 10.5 Å². The third-order valence-electron chi connectivity index (χ3n) is 1.56. The quantitative estimate of drug-likeness (QED) is 0.743. The molecule has 12 heavy (non-hydrogen) atoms. The van der Waals surface area contributed by atoms with Gasteiger partial charge in [0.2, 0.25) is 0 Å². The molecule has 1 rings (SSSR count). The maximum Gasteiger partial charge on any atom is 0.152 e. The Morgan fingerprint density at radius 1 is 1.58 bits per heavy atom. The van der Waals surface area contributed by atoms with E-state index >= 15 is 0 Å². The molecule has 0 N–H and O–H groups in total. The van der Waals surface area contributed by atoms with Gasteiger partial charge in [-0.1, -0.05) is 11.6 Å². The molecular formula is C8H7BrClFO. The number of methoxy groups -OCH3 is 1. The highest BCUT2D eigenvalue weighted by Gasteiger charge is 2.12. The number of hydrogen-bond acceptors (Lipinski definition) is 1. The van der Waals surface area contributed by atoms with Crippen LogP contribution >= 0.6 is 27.5 Å². The van der Waals surface area contributed by atoms with E-state index in [2.05, 4.69) is 15.9 Å². The van der Waals surface area contributed by atoms with E-state index in [1.165, 1.54) is 13.2 Å². The number of benzene rings is 1. The SMILES string of the molecule is COc1c(Cl)cc(F)c(C)c1Br. The monoisotopic (exact) mass is 252 g/mol. The van der Waals surface area contributed by atoms with Gasteiger partial charge in [0.25, 0.3) is 0 Å². The van der Waals surface area contributed by atoms with Gasteiger partial charge < -0.3 is 4.74 Å². The third-order valence-corrected chi connectivity index (χ3v) is 2.80. The summed E-state index contributed by atoms with van der Waals surface area (Å²) >= 11 is 8.90. The van der Waals surface area contributed by atoms with Crippen molar-refractivity contribution in [3.8, 4) is 5.75 Å². The second-order valence-electron chi connectivity index (χ2n) is 2.31. The van der Waals surface area contributed by atoms with Crippen LogP contribution in [0, 0.1) is 12.7 Å². The van der Waals surface area contributed by atoms with Gasteiger partial charge >= 0.3 is 0 Å². The first kappa shape index (κ1) is 9.81. The lowest BCUT2D eigenvalue weighted by molar-refractivity contribution is 0.410. The molecule has 0 heterocycles. The topological polar surface area (TPSA) is 9.23 Å². The molecule has 0 amide bonds. The first-order valence-corrected chi connectivity index (χ1v) is 4.43. The van der Waals surface area contributed by atoms with Crippen LogP contribution < -0.4 is 4.74 Å². The van der Waals surface area contributed by atoms with Gasteiger partial charge in [-0.2, -0.15) is 0 Å². The van der Waals surface area contributed by atoms with Gasteiger partial charge in [0, 0.05) is 5.56 Å². The van der Waals surface area contributed by atoms with Crippen LogP contribution in [-0.4, -0.2) is 7.11 Å². The van der Waals surface area contributed by atoms with Gasteiger partial charge in [0.1, 0.15) is 5.82 Å². The lowest BCUT2D eigenvalue weighted by atomic mass is 10.2. The number of rotatable bonds is 1. The molecule has 0 aliphatic heterocycles. The minimum absolute atomic E-state index is 0.271. The highest BCUT2D eigenvalue weighted by molar-refractivity contribution is 9.10. The molecule has 0 atom stereocenters. The Kier molecular flexibility index (Phi) is 2.96. The molecule has 1 nitrogen and oxygen atoms in total. The minimum Gasteiger partial charge on any atom is -0.494 e. The summed E-state index contributed by atoms with van der Waals surface area (Å²) in [6.07, 6.45) is 0. The Balaban J connectivity index is 3.40. The molecule has 0 bridgehead atoms. The van der Waals surface area contributed by atoms with E-state index in [0.717, 1.165) is 0 Å². The summed E-state index contributed by atoms with van der Waals surface area (Å²) in [6, 6.07) is 1.24. The van der Waals surface area contributed by atoms with Crippen LogP contribution in [0.5, 0.6) is 5.75 Å². The Morgan fingerprint density at radius 2 is 2.17 bits per heavy atom. The Bertz CT molecular complexity index is 314. The van der Waals surface area contributed by atoms with Crippen LogP contribution in [0.2, 0.25) is 5.02 Å². The van der Waals surface area contributed by atoms with E-state index in [9.17, 15) is 4.39 Å². The standard InChI is InChI=1S/C8H7BrClFO/c1-4-6(11)3-5(10)8(12-2)7(4)9/h3H,1-2H3. The fourth-order valence-corrected chi connectivity index (χ4v) is 1.80. The van der Waals surface area contributed by atoms with Gasteiger partial charge in [0.15, 0.2) is 5.75 Å². The fourth-order valence-electron chi connectivity index (χ4n) is 0.852. The lowest BCUT2D eigenvalue weighted by Crippen LogP contribution is -1.91. The summed E-state index contributed by atoms with van der Waals surface area (Å²) in [5.41, 5.74) is 0.497. The molecular weight excluding hydrogens is 246 g/mol. The van der Waals surface area contributed by atoms with Crippen molar-refractivity contribution in [1.82, 2.24) is 0 Å². The van der Waals surface area contributed by atoms with Gasteiger partial charge in [0.05, 0.1) is 16.6 Å². The Labute approximate surface area is 83.6 Å². The third kappa shape index (κ3) is 1.57. The number of ether oxygens (including phenoxy) is 1. The van der Waals surface area contributed by atoms with Crippen LogP contribution in [0.25, 0.3) is 0 Å². The zero-order valence-electron chi connectivity index (χ0n) is 6.62. The molecule has 1 aromatic rings. The first-order chi connectivity index (χ1) is 5.57. The molecule has 0 aliphatic carbocycles. The second-order valence-corrected chi connectivity index (χ2v) is 3.51. The largest absolute Gasteiger partial charge is 0.494 e. The molecule has 0 aromatic heterocycles. The minimum atomic E-state index is -0.340. The highest BCUT2D eigenvalue weighted by Crippen LogP contribution is 2.36. The van der Waals surface area contributed by atoms with E-state index in [-0.39, 0.29) is 10.8 Å². The molecule has 66 valence electrons. The Hall–Kier alpha value is -0.280. The van der Waals surface area contributed by atoms with Crippen molar-refractivity contribution < 1.29 is 9.13 Å². The maximum atomic E-state index is 13.0. The number of hydrogen-bond donors (Lipinski definition) is 0. The van der Waals surface area contributed by atoms with Crippen molar-refractivity contribution in [1.29, 1.82) is 0 Å². The van der Waals surface area contributed by atoms with Gasteiger partial charge in [-0.3, -0.25) is 0 Å². The first-order valence-electron chi connectivity index (χ1n) is 3.26. The van der Waals surface area contributed by atoms with Crippen molar-refractivity contribution in [2.45, 2.75) is 6.92 Å². The van der Waals surface area contributed by atoms with E-state index in [1.54, 1.807) is 6.92 Å². The molecule has 4 heteroatoms. The summed E-state index contributed by atoms with van der Waals surface area (Å²) < 4.78 is 18.5. The number of halogens is 3. The van der Waals surface area contributed by atoms with Gasteiger partial charge in [-0.05, 0) is 28.9 Å². The van der Waals surface area contributed by atoms with Crippen LogP contribution in [0.3, 0.4) is 0 Å². The van der Waals surface area contributed by atoms with E-state index in [0.29, 0.717) is 15.8 Å². The molecule has 0 saturated heterocycles. The van der Waals surface area contributed by atoms with E-state index < -0.39 is 0 Å². The zero-order valence-corrected chi connectivity index (χ0v) is 8.96. The summed E-state index contributed by atoms with van der Waals surface area (Å²) in [5, 5.41) is 0.271. The Morgan fingerprint density at radius 3 is 2.67 bits per heavy atom. The summed E-state index contributed by atoms with van der Waals surface area (Å²) in [4.78, 5) is 0. The van der Waals surface area contributed by atoms with E-state index in [4.69, 9.17) is 16.3 Å². The highest BCUT2D eigenvalue weighted by atomic mass is 79.9. The van der Waals surface area contributed by atoms with Crippen LogP contribution in [0.4, 0.5) is 4.39 Å². The molecule has 0 unspecified atom stereocenters. The summed E-state index contributed by atoms with van der Waals surface area (Å²) in [6.45, 7) is 1.65. The van der Waals surface area contributed by atoms with Gasteiger partial charge in [-0.15, -0.1) is 0 Å². The molecule has 0 spiro atoms. The summed E-state index contributed by atoms with van der Waals surface area (Å²) in [7, 11) is 1.49. The molecule has 0 saturated carbocycles. The van der Waals surface area contributed by atoms with E-state index in [1.807, 2.05) is 0 Å². The van der Waals surface area contributed by atoms with Crippen molar-refractivity contribution in [3.05, 3.63) is 26.9 Å². The van der Waals surface area contributed by atoms with Crippen molar-refractivity contribution in [2.75, 3.05) is 7.11 Å². The lowest BCUT2D eigenvalue weighted by Gasteiger charge is -2.08. The summed E-state index contributed by atoms with van der Waals surface area (Å²) in [5.74, 6) is 0.128. The van der Waals surface area contributed by atoms with Crippen LogP contribution in [0.1, 0.15) is 5.56 Å². The maximum absolute atomic E-state index is 13.0. The average Bonchev–Trinajstić information content (AvgIpc) is 2.01. The zero-order chi connectivity index (χ0) is 9.30. The smallest absolute Gasteiger partial charge is 0.152 e. The predicted molar refractivity (Wildman–Crippen MR) is 50.4 cm³/mol. The fraction of sp³-hybridized carbons (Fsp3) is 0.250. The van der Waals surface area contributed by atoms with Crippen molar-refractivity contribution in [3.63, 3.8) is 0 Å². The van der Waals surface area contributed by atoms with Crippen molar-refractivity contribution in [2.24, 2.45) is 0 Å². The normalized spacial score (nSPS) is 10.1. The van der Waals surface area contributed by atoms with Gasteiger partial charge in [-0.25, -0.2) is 4.39 Å². The molecule has 0 radical (unpaired) electrons. The molecule has 0 fully saturated rings. The molecule has 0 aliphatic rings. The molecule has 1 aromatic carbocycles. The predicted octanol–water partition coefficient (Wildman–Crippen LogP) is 3.56. The second kappa shape index (κ2) is 3.62. The van der Waals surface area contributed by atoms with Crippen LogP contribution in [-0.2, 0) is 0 Å². The van der Waals surface area contributed by atoms with Crippen molar-refractivity contribution >= 4 is 27.5 Å².